The highest BCUT2D eigenvalue weighted by atomic mass is 16.3. The minimum atomic E-state index is -0.853. The molecule has 0 aromatic carbocycles. The Bertz CT molecular complexity index is 489. The van der Waals surface area contributed by atoms with Crippen LogP contribution in [-0.4, -0.2) is 34.9 Å². The van der Waals surface area contributed by atoms with E-state index in [0.29, 0.717) is 6.42 Å². The van der Waals surface area contributed by atoms with E-state index in [1.807, 2.05) is 6.08 Å². The van der Waals surface area contributed by atoms with Gasteiger partial charge in [-0.3, -0.25) is 4.79 Å². The monoisotopic (exact) mass is 479 g/mol. The Balaban J connectivity index is 3.71. The van der Waals surface area contributed by atoms with Crippen LogP contribution in [0.5, 0.6) is 0 Å². The first-order valence-electron chi connectivity index (χ1n) is 14.6. The Labute approximate surface area is 211 Å². The molecule has 0 heterocycles. The van der Waals surface area contributed by atoms with Gasteiger partial charge in [-0.1, -0.05) is 128 Å². The SMILES string of the molecule is CCCCC/C=C/CC/C=C/[C@@H](O)[C@H](CO)NC(=O)CCCCCCCCCCCCCCC. The van der Waals surface area contributed by atoms with Gasteiger partial charge < -0.3 is 15.5 Å². The van der Waals surface area contributed by atoms with Gasteiger partial charge in [0.1, 0.15) is 0 Å². The van der Waals surface area contributed by atoms with Crippen molar-refractivity contribution in [1.29, 1.82) is 0 Å². The smallest absolute Gasteiger partial charge is 0.220 e. The first-order valence-corrected chi connectivity index (χ1v) is 14.6. The Morgan fingerprint density at radius 1 is 0.676 bits per heavy atom. The highest BCUT2D eigenvalue weighted by molar-refractivity contribution is 5.76. The summed E-state index contributed by atoms with van der Waals surface area (Å²) in [6.07, 6.45) is 31.0. The summed E-state index contributed by atoms with van der Waals surface area (Å²) in [5.74, 6) is -0.0791. The fourth-order valence-corrected chi connectivity index (χ4v) is 4.13. The molecular formula is C30H57NO3. The molecule has 4 heteroatoms. The van der Waals surface area contributed by atoms with Gasteiger partial charge in [0.05, 0.1) is 18.8 Å². The largest absolute Gasteiger partial charge is 0.394 e. The average molecular weight is 480 g/mol. The second-order valence-electron chi connectivity index (χ2n) is 9.81. The number of allylic oxidation sites excluding steroid dienone is 3. The molecule has 2 atom stereocenters. The summed E-state index contributed by atoms with van der Waals surface area (Å²) in [6, 6.07) is -0.629. The molecule has 0 rings (SSSR count). The number of carbonyl (C=O) groups is 1. The maximum absolute atomic E-state index is 12.2. The van der Waals surface area contributed by atoms with Gasteiger partial charge in [-0.2, -0.15) is 0 Å². The lowest BCUT2D eigenvalue weighted by Crippen LogP contribution is -2.45. The number of hydrogen-bond acceptors (Lipinski definition) is 3. The van der Waals surface area contributed by atoms with Crippen molar-refractivity contribution in [2.24, 2.45) is 0 Å². The maximum Gasteiger partial charge on any atom is 0.220 e. The zero-order valence-electron chi connectivity index (χ0n) is 22.6. The van der Waals surface area contributed by atoms with Crippen molar-refractivity contribution in [2.75, 3.05) is 6.61 Å². The van der Waals surface area contributed by atoms with E-state index in [4.69, 9.17) is 0 Å². The first kappa shape index (κ1) is 32.9. The summed E-state index contributed by atoms with van der Waals surface area (Å²) in [5, 5.41) is 22.6. The molecule has 0 aliphatic carbocycles. The topological polar surface area (TPSA) is 69.6 Å². The average Bonchev–Trinajstić information content (AvgIpc) is 2.84. The number of aliphatic hydroxyl groups excluding tert-OH is 2. The zero-order chi connectivity index (χ0) is 25.1. The van der Waals surface area contributed by atoms with Crippen LogP contribution in [0.2, 0.25) is 0 Å². The third-order valence-electron chi connectivity index (χ3n) is 6.44. The summed E-state index contributed by atoms with van der Waals surface area (Å²) >= 11 is 0. The normalized spacial score (nSPS) is 13.6. The van der Waals surface area contributed by atoms with E-state index in [-0.39, 0.29) is 12.5 Å². The van der Waals surface area contributed by atoms with E-state index in [9.17, 15) is 15.0 Å². The second-order valence-corrected chi connectivity index (χ2v) is 9.81. The molecular weight excluding hydrogens is 422 g/mol. The van der Waals surface area contributed by atoms with Gasteiger partial charge in [-0.05, 0) is 32.1 Å². The summed E-state index contributed by atoms with van der Waals surface area (Å²) in [4.78, 5) is 12.2. The predicted molar refractivity (Wildman–Crippen MR) is 147 cm³/mol. The number of hydrogen-bond donors (Lipinski definition) is 3. The van der Waals surface area contributed by atoms with E-state index in [2.05, 4.69) is 31.3 Å². The molecule has 0 bridgehead atoms. The number of carbonyl (C=O) groups excluding carboxylic acids is 1. The highest BCUT2D eigenvalue weighted by Gasteiger charge is 2.17. The molecule has 0 spiro atoms. The van der Waals surface area contributed by atoms with Crippen LogP contribution in [0.4, 0.5) is 0 Å². The van der Waals surface area contributed by atoms with Crippen molar-refractivity contribution in [3.05, 3.63) is 24.3 Å². The summed E-state index contributed by atoms with van der Waals surface area (Å²) in [7, 11) is 0. The first-order chi connectivity index (χ1) is 16.7. The van der Waals surface area contributed by atoms with Crippen molar-refractivity contribution < 1.29 is 15.0 Å². The quantitative estimate of drug-likeness (QED) is 0.0924. The molecule has 0 aromatic rings. The standard InChI is InChI=1S/C30H57NO3/c1-3-5-7-9-11-13-14-15-16-18-20-22-24-26-30(34)31-28(27-32)29(33)25-23-21-19-17-12-10-8-6-4-2/h12,17,23,25,28-29,32-33H,3-11,13-16,18-22,24,26-27H2,1-2H3,(H,31,34)/b17-12+,25-23+/t28-,29+/m0/s1. The third-order valence-corrected chi connectivity index (χ3v) is 6.44. The lowest BCUT2D eigenvalue weighted by Gasteiger charge is -2.19. The third kappa shape index (κ3) is 22.7. The zero-order valence-corrected chi connectivity index (χ0v) is 22.6. The van der Waals surface area contributed by atoms with Gasteiger partial charge in [0.15, 0.2) is 0 Å². The van der Waals surface area contributed by atoms with Crippen molar-refractivity contribution in [2.45, 2.75) is 154 Å². The number of unbranched alkanes of at least 4 members (excludes halogenated alkanes) is 16. The molecule has 34 heavy (non-hydrogen) atoms. The van der Waals surface area contributed by atoms with Crippen molar-refractivity contribution in [3.8, 4) is 0 Å². The molecule has 0 fully saturated rings. The molecule has 3 N–H and O–H groups in total. The van der Waals surface area contributed by atoms with Crippen LogP contribution in [0.1, 0.15) is 142 Å². The predicted octanol–water partition coefficient (Wildman–Crippen LogP) is 7.78. The molecule has 0 radical (unpaired) electrons. The van der Waals surface area contributed by atoms with Crippen molar-refractivity contribution in [3.63, 3.8) is 0 Å². The number of amides is 1. The molecule has 4 nitrogen and oxygen atoms in total. The lowest BCUT2D eigenvalue weighted by atomic mass is 10.0. The number of nitrogens with one attached hydrogen (secondary N) is 1. The molecule has 0 unspecified atom stereocenters. The van der Waals surface area contributed by atoms with Gasteiger partial charge in [-0.15, -0.1) is 0 Å². The minimum Gasteiger partial charge on any atom is -0.394 e. The molecule has 0 saturated carbocycles. The van der Waals surface area contributed by atoms with Crippen LogP contribution in [0.3, 0.4) is 0 Å². The Morgan fingerprint density at radius 2 is 1.15 bits per heavy atom. The second kappa shape index (κ2) is 26.5. The summed E-state index contributed by atoms with van der Waals surface area (Å²) < 4.78 is 0. The van der Waals surface area contributed by atoms with Gasteiger partial charge in [0.25, 0.3) is 0 Å². The highest BCUT2D eigenvalue weighted by Crippen LogP contribution is 2.13. The van der Waals surface area contributed by atoms with Gasteiger partial charge >= 0.3 is 0 Å². The fourth-order valence-electron chi connectivity index (χ4n) is 4.13. The lowest BCUT2D eigenvalue weighted by molar-refractivity contribution is -0.123. The molecule has 0 aromatic heterocycles. The van der Waals surface area contributed by atoms with Gasteiger partial charge in [0, 0.05) is 6.42 Å². The van der Waals surface area contributed by atoms with Crippen molar-refractivity contribution >= 4 is 5.91 Å². The van der Waals surface area contributed by atoms with Crippen LogP contribution in [0, 0.1) is 0 Å². The van der Waals surface area contributed by atoms with Crippen molar-refractivity contribution in [1.82, 2.24) is 5.32 Å². The summed E-state index contributed by atoms with van der Waals surface area (Å²) in [6.45, 7) is 4.22. The number of aliphatic hydroxyl groups is 2. The summed E-state index contributed by atoms with van der Waals surface area (Å²) in [5.41, 5.74) is 0. The van der Waals surface area contributed by atoms with Crippen LogP contribution < -0.4 is 5.32 Å². The van der Waals surface area contributed by atoms with E-state index in [1.54, 1.807) is 6.08 Å². The Kier molecular flexibility index (Phi) is 25.6. The number of rotatable bonds is 25. The molecule has 200 valence electrons. The van der Waals surface area contributed by atoms with Crippen LogP contribution >= 0.6 is 0 Å². The van der Waals surface area contributed by atoms with Crippen LogP contribution in [0.15, 0.2) is 24.3 Å². The minimum absolute atomic E-state index is 0.0791. The van der Waals surface area contributed by atoms with Gasteiger partial charge in [0.2, 0.25) is 5.91 Å². The molecule has 0 aliphatic rings. The van der Waals surface area contributed by atoms with E-state index in [0.717, 1.165) is 32.1 Å². The van der Waals surface area contributed by atoms with Crippen LogP contribution in [-0.2, 0) is 4.79 Å². The fraction of sp³-hybridized carbons (Fsp3) is 0.833. The Hall–Kier alpha value is -1.13. The van der Waals surface area contributed by atoms with E-state index in [1.165, 1.54) is 89.9 Å². The van der Waals surface area contributed by atoms with E-state index >= 15 is 0 Å². The maximum atomic E-state index is 12.2. The molecule has 0 aliphatic heterocycles. The molecule has 0 saturated heterocycles. The molecule has 1 amide bonds. The van der Waals surface area contributed by atoms with E-state index < -0.39 is 12.1 Å². The van der Waals surface area contributed by atoms with Crippen LogP contribution in [0.25, 0.3) is 0 Å². The Morgan fingerprint density at radius 3 is 1.71 bits per heavy atom. The van der Waals surface area contributed by atoms with Gasteiger partial charge in [-0.25, -0.2) is 0 Å².